The van der Waals surface area contributed by atoms with Gasteiger partial charge in [0.1, 0.15) is 6.33 Å². The van der Waals surface area contributed by atoms with Crippen molar-refractivity contribution in [3.63, 3.8) is 0 Å². The number of nitrogens with zero attached hydrogens (tertiary/aromatic N) is 4. The Morgan fingerprint density at radius 3 is 2.88 bits per heavy atom. The van der Waals surface area contributed by atoms with E-state index in [-0.39, 0.29) is 0 Å². The van der Waals surface area contributed by atoms with E-state index in [4.69, 9.17) is 17.3 Å². The molecule has 3 rings (SSSR count). The first-order valence-corrected chi connectivity index (χ1v) is 5.33. The monoisotopic (exact) mass is 245 g/mol. The Bertz CT molecular complexity index is 671. The first kappa shape index (κ1) is 10.0. The number of aromatic nitrogens is 4. The molecule has 0 fully saturated rings. The van der Waals surface area contributed by atoms with Gasteiger partial charge < -0.3 is 5.73 Å². The lowest BCUT2D eigenvalue weighted by atomic mass is 10.2. The van der Waals surface area contributed by atoms with E-state index < -0.39 is 0 Å². The van der Waals surface area contributed by atoms with E-state index in [9.17, 15) is 0 Å². The Morgan fingerprint density at radius 2 is 2.06 bits per heavy atom. The van der Waals surface area contributed by atoms with Crippen molar-refractivity contribution in [1.29, 1.82) is 0 Å². The van der Waals surface area contributed by atoms with Crippen molar-refractivity contribution in [3.05, 3.63) is 41.8 Å². The van der Waals surface area contributed by atoms with Crippen LogP contribution in [-0.4, -0.2) is 19.6 Å². The minimum atomic E-state index is 0.570. The highest BCUT2D eigenvalue weighted by Crippen LogP contribution is 2.24. The van der Waals surface area contributed by atoms with Crippen molar-refractivity contribution in [1.82, 2.24) is 19.6 Å². The third-order valence-corrected chi connectivity index (χ3v) is 2.61. The molecule has 0 saturated carbocycles. The fraction of sp³-hybridized carbons (Fsp3) is 0. The molecule has 0 radical (unpaired) electrons. The van der Waals surface area contributed by atoms with Crippen LogP contribution in [-0.2, 0) is 0 Å². The summed E-state index contributed by atoms with van der Waals surface area (Å²) < 4.78 is 1.78. The Balaban J connectivity index is 2.27. The summed E-state index contributed by atoms with van der Waals surface area (Å²) in [6.45, 7) is 0. The van der Waals surface area contributed by atoms with Gasteiger partial charge in [0.05, 0.1) is 0 Å². The Hall–Kier alpha value is -2.14. The second kappa shape index (κ2) is 3.71. The number of rotatable bonds is 1. The Labute approximate surface area is 102 Å². The molecule has 2 N–H and O–H groups in total. The van der Waals surface area contributed by atoms with Gasteiger partial charge in [-0.15, -0.1) is 10.2 Å². The van der Waals surface area contributed by atoms with E-state index in [1.54, 1.807) is 41.2 Å². The molecule has 0 spiro atoms. The highest BCUT2D eigenvalue weighted by atomic mass is 35.5. The van der Waals surface area contributed by atoms with Crippen molar-refractivity contribution in [2.75, 3.05) is 5.73 Å². The van der Waals surface area contributed by atoms with Crippen LogP contribution in [0.4, 0.5) is 5.69 Å². The zero-order valence-corrected chi connectivity index (χ0v) is 9.46. The van der Waals surface area contributed by atoms with Gasteiger partial charge in [-0.1, -0.05) is 11.6 Å². The fourth-order valence-corrected chi connectivity index (χ4v) is 1.93. The minimum absolute atomic E-state index is 0.570. The number of halogens is 1. The van der Waals surface area contributed by atoms with E-state index in [2.05, 4.69) is 15.2 Å². The molecule has 0 aliphatic heterocycles. The molecule has 17 heavy (non-hydrogen) atoms. The van der Waals surface area contributed by atoms with Crippen molar-refractivity contribution >= 4 is 22.9 Å². The number of nitrogens with two attached hydrogens (primary N) is 1. The van der Waals surface area contributed by atoms with E-state index in [0.29, 0.717) is 16.5 Å². The fourth-order valence-electron chi connectivity index (χ4n) is 1.68. The summed E-state index contributed by atoms with van der Waals surface area (Å²) in [5.74, 6) is 0.669. The number of fused-ring (bicyclic) bond motifs is 1. The van der Waals surface area contributed by atoms with E-state index >= 15 is 0 Å². The smallest absolute Gasteiger partial charge is 0.169 e. The van der Waals surface area contributed by atoms with Gasteiger partial charge in [-0.05, 0) is 18.2 Å². The topological polar surface area (TPSA) is 69.1 Å². The summed E-state index contributed by atoms with van der Waals surface area (Å²) in [5.41, 5.74) is 7.89. The summed E-state index contributed by atoms with van der Waals surface area (Å²) >= 11 is 5.97. The van der Waals surface area contributed by atoms with Gasteiger partial charge in [-0.3, -0.25) is 4.40 Å². The first-order valence-electron chi connectivity index (χ1n) is 4.95. The van der Waals surface area contributed by atoms with Crippen LogP contribution in [0.3, 0.4) is 0 Å². The molecule has 0 atom stereocenters. The second-order valence-electron chi connectivity index (χ2n) is 3.61. The largest absolute Gasteiger partial charge is 0.399 e. The summed E-state index contributed by atoms with van der Waals surface area (Å²) in [6.07, 6.45) is 3.32. The molecule has 5 nitrogen and oxygen atoms in total. The zero-order valence-electron chi connectivity index (χ0n) is 8.71. The molecule has 0 aliphatic rings. The third kappa shape index (κ3) is 1.70. The lowest BCUT2D eigenvalue weighted by Crippen LogP contribution is -1.92. The van der Waals surface area contributed by atoms with E-state index in [1.807, 2.05) is 0 Å². The minimum Gasteiger partial charge on any atom is -0.399 e. The highest BCUT2D eigenvalue weighted by Gasteiger charge is 2.08. The lowest BCUT2D eigenvalue weighted by Gasteiger charge is -2.02. The van der Waals surface area contributed by atoms with Crippen molar-refractivity contribution in [2.45, 2.75) is 0 Å². The average Bonchev–Trinajstić information content (AvgIpc) is 2.71. The molecule has 3 aromatic rings. The van der Waals surface area contributed by atoms with Crippen LogP contribution in [0.1, 0.15) is 0 Å². The van der Waals surface area contributed by atoms with Crippen LogP contribution in [0, 0.1) is 0 Å². The van der Waals surface area contributed by atoms with E-state index in [0.717, 1.165) is 11.2 Å². The molecule has 0 amide bonds. The summed E-state index contributed by atoms with van der Waals surface area (Å²) in [7, 11) is 0. The Morgan fingerprint density at radius 1 is 1.18 bits per heavy atom. The zero-order chi connectivity index (χ0) is 11.8. The normalized spacial score (nSPS) is 10.9. The van der Waals surface area contributed by atoms with E-state index in [1.165, 1.54) is 0 Å². The quantitative estimate of drug-likeness (QED) is 0.666. The second-order valence-corrected chi connectivity index (χ2v) is 4.04. The van der Waals surface area contributed by atoms with Gasteiger partial charge >= 0.3 is 0 Å². The number of hydrogen-bond donors (Lipinski definition) is 1. The molecule has 0 saturated heterocycles. The lowest BCUT2D eigenvalue weighted by molar-refractivity contribution is 1.08. The molecule has 0 unspecified atom stereocenters. The van der Waals surface area contributed by atoms with Crippen LogP contribution in [0.25, 0.3) is 17.0 Å². The van der Waals surface area contributed by atoms with Gasteiger partial charge in [0.15, 0.2) is 11.5 Å². The maximum absolute atomic E-state index is 5.97. The molecule has 84 valence electrons. The standard InChI is InChI=1S/C11H8ClN5/c12-8-3-7(4-9(13)5-8)11-16-15-10-1-2-14-6-17(10)11/h1-6H,13H2. The molecule has 6 heteroatoms. The van der Waals surface area contributed by atoms with Gasteiger partial charge in [-0.2, -0.15) is 0 Å². The molecule has 0 bridgehead atoms. The summed E-state index contributed by atoms with van der Waals surface area (Å²) in [4.78, 5) is 4.03. The van der Waals surface area contributed by atoms with Crippen LogP contribution >= 0.6 is 11.6 Å². The molecular weight excluding hydrogens is 238 g/mol. The molecule has 2 heterocycles. The molecule has 1 aromatic carbocycles. The van der Waals surface area contributed by atoms with Gasteiger partial charge in [0.25, 0.3) is 0 Å². The summed E-state index contributed by atoms with van der Waals surface area (Å²) in [5, 5.41) is 8.72. The first-order chi connectivity index (χ1) is 8.24. The maximum Gasteiger partial charge on any atom is 0.169 e. The van der Waals surface area contributed by atoms with Crippen molar-refractivity contribution in [3.8, 4) is 11.4 Å². The van der Waals surface area contributed by atoms with Crippen LogP contribution in [0.2, 0.25) is 5.02 Å². The molecule has 0 aliphatic carbocycles. The average molecular weight is 246 g/mol. The number of hydrogen-bond acceptors (Lipinski definition) is 4. The van der Waals surface area contributed by atoms with Crippen LogP contribution in [0.5, 0.6) is 0 Å². The molecule has 2 aromatic heterocycles. The van der Waals surface area contributed by atoms with Crippen LogP contribution < -0.4 is 5.73 Å². The predicted octanol–water partition coefficient (Wildman–Crippen LogP) is 2.03. The number of nitrogen functional groups attached to an aromatic ring is 1. The molecular formula is C11H8ClN5. The maximum atomic E-state index is 5.97. The SMILES string of the molecule is Nc1cc(Cl)cc(-c2nnc3ccncn23)c1. The van der Waals surface area contributed by atoms with Gasteiger partial charge in [0, 0.05) is 28.5 Å². The Kier molecular flexibility index (Phi) is 2.19. The highest BCUT2D eigenvalue weighted by molar-refractivity contribution is 6.31. The predicted molar refractivity (Wildman–Crippen MR) is 65.6 cm³/mol. The number of anilines is 1. The van der Waals surface area contributed by atoms with Crippen LogP contribution in [0.15, 0.2) is 36.8 Å². The number of benzene rings is 1. The van der Waals surface area contributed by atoms with Crippen molar-refractivity contribution in [2.24, 2.45) is 0 Å². The van der Waals surface area contributed by atoms with Gasteiger partial charge in [0.2, 0.25) is 0 Å². The van der Waals surface area contributed by atoms with Crippen molar-refractivity contribution < 1.29 is 0 Å². The third-order valence-electron chi connectivity index (χ3n) is 2.39. The van der Waals surface area contributed by atoms with Gasteiger partial charge in [-0.25, -0.2) is 4.98 Å². The summed E-state index contributed by atoms with van der Waals surface area (Å²) in [6, 6.07) is 7.06.